The number of aromatic nitrogens is 3. The van der Waals surface area contributed by atoms with Crippen LogP contribution in [0.15, 0.2) is 54.7 Å². The Morgan fingerprint density at radius 2 is 1.97 bits per heavy atom. The summed E-state index contributed by atoms with van der Waals surface area (Å²) < 4.78 is 52.5. The molecule has 156 valence electrons. The van der Waals surface area contributed by atoms with E-state index in [1.807, 2.05) is 6.07 Å². The molecule has 0 spiro atoms. The summed E-state index contributed by atoms with van der Waals surface area (Å²) in [5.41, 5.74) is 2.47. The van der Waals surface area contributed by atoms with Crippen LogP contribution in [0.3, 0.4) is 0 Å². The number of pyridine rings is 1. The van der Waals surface area contributed by atoms with Gasteiger partial charge in [0.15, 0.2) is 0 Å². The van der Waals surface area contributed by atoms with Crippen molar-refractivity contribution in [3.8, 4) is 11.3 Å². The van der Waals surface area contributed by atoms with Crippen LogP contribution in [0.2, 0.25) is 0 Å². The smallest absolute Gasteiger partial charge is 0.254 e. The minimum Gasteiger partial charge on any atom is -0.330 e. The number of rotatable bonds is 2. The number of carbonyl (C=O) groups is 1. The van der Waals surface area contributed by atoms with E-state index in [9.17, 15) is 13.6 Å². The fraction of sp³-hybridized carbons (Fsp3) is 0.208. The van der Waals surface area contributed by atoms with Gasteiger partial charge < -0.3 is 4.90 Å². The predicted octanol–water partition coefficient (Wildman–Crippen LogP) is 4.67. The number of hydrogen-bond donors (Lipinski definition) is 0. The SMILES string of the molecule is [2H]C([2H])([2H])n1nc2c(c1-c1cc(F)cc(F)c1)CCN(C(=O)c1ccc3ncccc3c1)C2C. The van der Waals surface area contributed by atoms with E-state index in [1.54, 1.807) is 42.3 Å². The van der Waals surface area contributed by atoms with E-state index in [0.29, 0.717) is 29.8 Å². The van der Waals surface area contributed by atoms with Gasteiger partial charge in [-0.3, -0.25) is 14.5 Å². The van der Waals surface area contributed by atoms with Crippen LogP contribution in [-0.2, 0) is 13.4 Å². The van der Waals surface area contributed by atoms with Crippen molar-refractivity contribution in [3.63, 3.8) is 0 Å². The highest BCUT2D eigenvalue weighted by molar-refractivity contribution is 5.98. The van der Waals surface area contributed by atoms with Crippen molar-refractivity contribution in [1.82, 2.24) is 19.7 Å². The molecule has 3 heterocycles. The summed E-state index contributed by atoms with van der Waals surface area (Å²) in [6.07, 6.45) is 1.98. The Morgan fingerprint density at radius 3 is 2.74 bits per heavy atom. The lowest BCUT2D eigenvalue weighted by atomic mass is 9.95. The molecule has 7 heteroatoms. The van der Waals surface area contributed by atoms with Crippen LogP contribution in [0.4, 0.5) is 8.78 Å². The molecule has 0 bridgehead atoms. The molecule has 2 aromatic heterocycles. The fourth-order valence-corrected chi connectivity index (χ4v) is 4.26. The zero-order valence-corrected chi connectivity index (χ0v) is 16.6. The molecule has 31 heavy (non-hydrogen) atoms. The maximum absolute atomic E-state index is 14.0. The molecule has 1 atom stereocenters. The first-order valence-electron chi connectivity index (χ1n) is 11.4. The number of hydrogen-bond acceptors (Lipinski definition) is 3. The van der Waals surface area contributed by atoms with Gasteiger partial charge in [0.2, 0.25) is 0 Å². The van der Waals surface area contributed by atoms with Gasteiger partial charge in [-0.05, 0) is 49.7 Å². The third kappa shape index (κ3) is 3.26. The van der Waals surface area contributed by atoms with Crippen LogP contribution < -0.4 is 0 Å². The largest absolute Gasteiger partial charge is 0.330 e. The highest BCUT2D eigenvalue weighted by Gasteiger charge is 2.33. The first kappa shape index (κ1) is 16.1. The summed E-state index contributed by atoms with van der Waals surface area (Å²) in [5.74, 6) is -1.84. The van der Waals surface area contributed by atoms with E-state index in [4.69, 9.17) is 4.11 Å². The summed E-state index contributed by atoms with van der Waals surface area (Å²) >= 11 is 0. The highest BCUT2D eigenvalue weighted by Crippen LogP contribution is 2.36. The van der Waals surface area contributed by atoms with Crippen LogP contribution in [0.25, 0.3) is 22.2 Å². The number of carbonyl (C=O) groups excluding carboxylic acids is 1. The maximum Gasteiger partial charge on any atom is 0.254 e. The molecule has 0 saturated heterocycles. The van der Waals surface area contributed by atoms with Gasteiger partial charge in [0.05, 0.1) is 22.9 Å². The maximum atomic E-state index is 14.0. The Morgan fingerprint density at radius 1 is 1.16 bits per heavy atom. The third-order valence-corrected chi connectivity index (χ3v) is 5.73. The van der Waals surface area contributed by atoms with Gasteiger partial charge in [-0.15, -0.1) is 0 Å². The summed E-state index contributed by atoms with van der Waals surface area (Å²) in [5, 5.41) is 5.15. The van der Waals surface area contributed by atoms with Crippen molar-refractivity contribution < 1.29 is 17.7 Å². The minimum atomic E-state index is -2.67. The van der Waals surface area contributed by atoms with Crippen molar-refractivity contribution in [1.29, 1.82) is 0 Å². The first-order valence-corrected chi connectivity index (χ1v) is 9.88. The van der Waals surface area contributed by atoms with Crippen molar-refractivity contribution in [3.05, 3.63) is 83.2 Å². The number of benzene rings is 2. The number of amides is 1. The van der Waals surface area contributed by atoms with Crippen LogP contribution in [0.1, 0.15) is 38.7 Å². The second-order valence-corrected chi connectivity index (χ2v) is 7.62. The van der Waals surface area contributed by atoms with E-state index >= 15 is 0 Å². The van der Waals surface area contributed by atoms with Crippen molar-refractivity contribution in [2.45, 2.75) is 19.4 Å². The van der Waals surface area contributed by atoms with Crippen molar-refractivity contribution in [2.24, 2.45) is 6.98 Å². The fourth-order valence-electron chi connectivity index (χ4n) is 4.26. The first-order chi connectivity index (χ1) is 16.1. The standard InChI is InChI=1S/C24H20F2N4O/c1-14-22-20(23(29(2)28-22)17-11-18(25)13-19(26)12-17)7-9-30(14)24(31)16-5-6-21-15(10-16)4-3-8-27-21/h3-6,8,10-14H,7,9H2,1-2H3/i2D3. The Hall–Kier alpha value is -3.61. The molecular weight excluding hydrogens is 398 g/mol. The van der Waals surface area contributed by atoms with E-state index in [0.717, 1.165) is 33.8 Å². The molecule has 0 saturated carbocycles. The van der Waals surface area contributed by atoms with Crippen LogP contribution >= 0.6 is 0 Å². The molecule has 5 nitrogen and oxygen atoms in total. The molecular formula is C24H20F2N4O. The van der Waals surface area contributed by atoms with Gasteiger partial charge in [0.25, 0.3) is 5.91 Å². The molecule has 4 aromatic rings. The molecule has 0 fully saturated rings. The zero-order valence-electron chi connectivity index (χ0n) is 19.6. The highest BCUT2D eigenvalue weighted by atomic mass is 19.1. The second-order valence-electron chi connectivity index (χ2n) is 7.62. The van der Waals surface area contributed by atoms with Crippen molar-refractivity contribution in [2.75, 3.05) is 6.54 Å². The second kappa shape index (κ2) is 7.27. The lowest BCUT2D eigenvalue weighted by Gasteiger charge is -2.33. The summed E-state index contributed by atoms with van der Waals surface area (Å²) in [7, 11) is 0. The Bertz CT molecular complexity index is 1410. The molecule has 5 rings (SSSR count). The summed E-state index contributed by atoms with van der Waals surface area (Å²) in [6.45, 7) is -0.601. The normalized spacial score (nSPS) is 17.7. The lowest BCUT2D eigenvalue weighted by Crippen LogP contribution is -2.38. The van der Waals surface area contributed by atoms with Gasteiger partial charge >= 0.3 is 0 Å². The van der Waals surface area contributed by atoms with Gasteiger partial charge in [0.1, 0.15) is 11.6 Å². The molecule has 0 N–H and O–H groups in total. The van der Waals surface area contributed by atoms with E-state index in [-0.39, 0.29) is 17.2 Å². The summed E-state index contributed by atoms with van der Waals surface area (Å²) in [4.78, 5) is 19.3. The zero-order chi connectivity index (χ0) is 24.2. The lowest BCUT2D eigenvalue weighted by molar-refractivity contribution is 0.0674. The minimum absolute atomic E-state index is 0.0939. The number of fused-ring (bicyclic) bond motifs is 2. The quantitative estimate of drug-likeness (QED) is 0.473. The number of halogens is 2. The molecule has 0 radical (unpaired) electrons. The van der Waals surface area contributed by atoms with E-state index in [1.165, 1.54) is 0 Å². The molecule has 1 aliphatic rings. The molecule has 1 aliphatic heterocycles. The number of nitrogens with zero attached hydrogens (tertiary/aromatic N) is 4. The van der Waals surface area contributed by atoms with Crippen molar-refractivity contribution >= 4 is 16.8 Å². The number of aryl methyl sites for hydroxylation is 1. The molecule has 1 amide bonds. The van der Waals surface area contributed by atoms with Gasteiger partial charge in [0, 0.05) is 52.0 Å². The topological polar surface area (TPSA) is 51.0 Å². The molecule has 1 unspecified atom stereocenters. The Labute approximate surface area is 182 Å². The average Bonchev–Trinajstić information content (AvgIpc) is 3.19. The third-order valence-electron chi connectivity index (χ3n) is 5.73. The average molecular weight is 421 g/mol. The van der Waals surface area contributed by atoms with Gasteiger partial charge in [-0.1, -0.05) is 6.07 Å². The van der Waals surface area contributed by atoms with Crippen LogP contribution in [0, 0.1) is 11.6 Å². The van der Waals surface area contributed by atoms with E-state index in [2.05, 4.69) is 10.1 Å². The van der Waals surface area contributed by atoms with E-state index < -0.39 is 24.7 Å². The molecule has 2 aromatic carbocycles. The van der Waals surface area contributed by atoms with Crippen LogP contribution in [0.5, 0.6) is 0 Å². The Kier molecular flexibility index (Phi) is 3.78. The van der Waals surface area contributed by atoms with Gasteiger partial charge in [-0.25, -0.2) is 8.78 Å². The monoisotopic (exact) mass is 421 g/mol. The molecule has 0 aliphatic carbocycles. The van der Waals surface area contributed by atoms with Crippen LogP contribution in [-0.4, -0.2) is 32.1 Å². The summed E-state index contributed by atoms with van der Waals surface area (Å²) in [6, 6.07) is 11.3. The van der Waals surface area contributed by atoms with Gasteiger partial charge in [-0.2, -0.15) is 5.10 Å². The predicted molar refractivity (Wildman–Crippen MR) is 113 cm³/mol. The Balaban J connectivity index is 1.57.